The van der Waals surface area contributed by atoms with Crippen LogP contribution in [0.5, 0.6) is 6.01 Å². The van der Waals surface area contributed by atoms with Crippen molar-refractivity contribution in [2.45, 2.75) is 19.4 Å². The minimum atomic E-state index is -0.309. The lowest BCUT2D eigenvalue weighted by Crippen LogP contribution is -2.30. The van der Waals surface area contributed by atoms with Gasteiger partial charge < -0.3 is 25.6 Å². The van der Waals surface area contributed by atoms with E-state index < -0.39 is 0 Å². The fourth-order valence-corrected chi connectivity index (χ4v) is 1.22. The van der Waals surface area contributed by atoms with Gasteiger partial charge in [0, 0.05) is 7.11 Å². The number of ether oxygens (including phenoxy) is 2. The highest BCUT2D eigenvalue weighted by Gasteiger charge is 2.11. The summed E-state index contributed by atoms with van der Waals surface area (Å²) in [4.78, 5) is 11.8. The second-order valence-electron chi connectivity index (χ2n) is 3.63. The van der Waals surface area contributed by atoms with E-state index in [0.717, 1.165) is 6.42 Å². The summed E-state index contributed by atoms with van der Waals surface area (Å²) in [6.45, 7) is 2.70. The molecule has 0 aromatic carbocycles. The predicted octanol–water partition coefficient (Wildman–Crippen LogP) is -0.338. The average molecular weight is 257 g/mol. The van der Waals surface area contributed by atoms with E-state index in [1.165, 1.54) is 0 Å². The Labute approximate surface area is 106 Å². The van der Waals surface area contributed by atoms with Crippen LogP contribution in [0.25, 0.3) is 0 Å². The Morgan fingerprint density at radius 1 is 1.39 bits per heavy atom. The molecule has 102 valence electrons. The molecule has 4 N–H and O–H groups in total. The summed E-state index contributed by atoms with van der Waals surface area (Å²) in [5.74, 6) is 0.317. The van der Waals surface area contributed by atoms with Crippen molar-refractivity contribution < 1.29 is 14.6 Å². The molecule has 1 aromatic heterocycles. The normalized spacial score (nSPS) is 12.2. The number of hydrogen-bond acceptors (Lipinski definition) is 8. The van der Waals surface area contributed by atoms with Gasteiger partial charge in [-0.1, -0.05) is 6.92 Å². The van der Waals surface area contributed by atoms with Crippen molar-refractivity contribution in [1.82, 2.24) is 15.0 Å². The zero-order chi connectivity index (χ0) is 13.4. The van der Waals surface area contributed by atoms with Gasteiger partial charge >= 0.3 is 6.01 Å². The van der Waals surface area contributed by atoms with Gasteiger partial charge in [0.05, 0.1) is 25.9 Å². The van der Waals surface area contributed by atoms with Crippen molar-refractivity contribution >= 4 is 11.9 Å². The highest BCUT2D eigenvalue weighted by atomic mass is 16.5. The fraction of sp³-hybridized carbons (Fsp3) is 0.700. The van der Waals surface area contributed by atoms with Gasteiger partial charge in [0.25, 0.3) is 0 Å². The van der Waals surface area contributed by atoms with E-state index in [1.54, 1.807) is 7.11 Å². The van der Waals surface area contributed by atoms with E-state index in [0.29, 0.717) is 13.2 Å². The summed E-state index contributed by atoms with van der Waals surface area (Å²) < 4.78 is 10.2. The molecule has 18 heavy (non-hydrogen) atoms. The third-order valence-corrected chi connectivity index (χ3v) is 1.99. The third kappa shape index (κ3) is 4.68. The minimum absolute atomic E-state index is 0.0627. The van der Waals surface area contributed by atoms with E-state index in [9.17, 15) is 0 Å². The van der Waals surface area contributed by atoms with Crippen LogP contribution in [0.1, 0.15) is 13.3 Å². The number of nitrogens with one attached hydrogen (secondary N) is 1. The Balaban J connectivity index is 2.71. The zero-order valence-corrected chi connectivity index (χ0v) is 10.6. The Kier molecular flexibility index (Phi) is 6.09. The molecule has 1 atom stereocenters. The largest absolute Gasteiger partial charge is 0.463 e. The standard InChI is InChI=1S/C10H19N5O3/c1-3-4-18-10-14-8(11)13-9(15-10)12-7(5-16)6-17-2/h7,16H,3-6H2,1-2H3,(H3,11,12,13,14,15). The Morgan fingerprint density at radius 3 is 2.78 bits per heavy atom. The van der Waals surface area contributed by atoms with Crippen LogP contribution >= 0.6 is 0 Å². The van der Waals surface area contributed by atoms with Crippen LogP contribution < -0.4 is 15.8 Å². The predicted molar refractivity (Wildman–Crippen MR) is 66.4 cm³/mol. The lowest BCUT2D eigenvalue weighted by atomic mass is 10.3. The molecule has 1 heterocycles. The third-order valence-electron chi connectivity index (χ3n) is 1.99. The number of aromatic nitrogens is 3. The van der Waals surface area contributed by atoms with E-state index >= 15 is 0 Å². The van der Waals surface area contributed by atoms with Crippen LogP contribution in [0.15, 0.2) is 0 Å². The van der Waals surface area contributed by atoms with Crippen molar-refractivity contribution in [1.29, 1.82) is 0 Å². The number of hydrogen-bond donors (Lipinski definition) is 3. The number of aliphatic hydroxyl groups is 1. The molecule has 0 aliphatic heterocycles. The molecular formula is C10H19N5O3. The molecule has 1 rings (SSSR count). The van der Waals surface area contributed by atoms with Gasteiger partial charge in [0.2, 0.25) is 11.9 Å². The Hall–Kier alpha value is -1.67. The molecular weight excluding hydrogens is 238 g/mol. The number of nitrogen functional groups attached to an aromatic ring is 1. The summed E-state index contributed by atoms with van der Waals surface area (Å²) in [6.07, 6.45) is 0.845. The maximum atomic E-state index is 9.12. The summed E-state index contributed by atoms with van der Waals surface area (Å²) in [6, 6.07) is -0.142. The maximum absolute atomic E-state index is 9.12. The molecule has 0 fully saturated rings. The molecule has 8 heteroatoms. The van der Waals surface area contributed by atoms with Gasteiger partial charge in [-0.05, 0) is 6.42 Å². The second-order valence-corrected chi connectivity index (χ2v) is 3.63. The van der Waals surface area contributed by atoms with E-state index in [1.807, 2.05) is 6.92 Å². The fourth-order valence-electron chi connectivity index (χ4n) is 1.22. The Bertz CT molecular complexity index is 363. The molecule has 0 amide bonds. The van der Waals surface area contributed by atoms with Crippen LogP contribution in [-0.2, 0) is 4.74 Å². The van der Waals surface area contributed by atoms with Crippen LogP contribution in [0.3, 0.4) is 0 Å². The van der Waals surface area contributed by atoms with Crippen molar-refractivity contribution in [3.8, 4) is 6.01 Å². The van der Waals surface area contributed by atoms with Crippen LogP contribution in [-0.4, -0.2) is 53.0 Å². The van der Waals surface area contributed by atoms with Crippen LogP contribution in [0, 0.1) is 0 Å². The highest BCUT2D eigenvalue weighted by Crippen LogP contribution is 2.10. The first-order valence-electron chi connectivity index (χ1n) is 5.70. The number of rotatable bonds is 8. The van der Waals surface area contributed by atoms with Crippen LogP contribution in [0.2, 0.25) is 0 Å². The van der Waals surface area contributed by atoms with Crippen molar-refractivity contribution in [2.75, 3.05) is 38.0 Å². The first-order chi connectivity index (χ1) is 8.69. The van der Waals surface area contributed by atoms with Gasteiger partial charge in [-0.2, -0.15) is 15.0 Å². The smallest absolute Gasteiger partial charge is 0.323 e. The topological polar surface area (TPSA) is 115 Å². The van der Waals surface area contributed by atoms with Crippen LogP contribution in [0.4, 0.5) is 11.9 Å². The van der Waals surface area contributed by atoms with E-state index in [-0.39, 0.29) is 30.6 Å². The molecule has 0 aliphatic rings. The summed E-state index contributed by atoms with van der Waals surface area (Å²) in [5, 5.41) is 12.0. The summed E-state index contributed by atoms with van der Waals surface area (Å²) in [5.41, 5.74) is 5.55. The minimum Gasteiger partial charge on any atom is -0.463 e. The average Bonchev–Trinajstić information content (AvgIpc) is 2.35. The quantitative estimate of drug-likeness (QED) is 0.579. The van der Waals surface area contributed by atoms with Crippen molar-refractivity contribution in [2.24, 2.45) is 0 Å². The summed E-state index contributed by atoms with van der Waals surface area (Å²) in [7, 11) is 1.54. The number of nitrogens with two attached hydrogens (primary N) is 1. The van der Waals surface area contributed by atoms with Gasteiger partial charge in [-0.3, -0.25) is 0 Å². The first-order valence-corrected chi connectivity index (χ1v) is 5.70. The molecule has 0 saturated heterocycles. The molecule has 8 nitrogen and oxygen atoms in total. The second kappa shape index (κ2) is 7.62. The molecule has 1 aromatic rings. The highest BCUT2D eigenvalue weighted by molar-refractivity contribution is 5.33. The lowest BCUT2D eigenvalue weighted by molar-refractivity contribution is 0.153. The van der Waals surface area contributed by atoms with E-state index in [4.69, 9.17) is 20.3 Å². The number of aliphatic hydroxyl groups excluding tert-OH is 1. The van der Waals surface area contributed by atoms with Crippen molar-refractivity contribution in [3.63, 3.8) is 0 Å². The molecule has 0 aliphatic carbocycles. The zero-order valence-electron chi connectivity index (χ0n) is 10.6. The monoisotopic (exact) mass is 257 g/mol. The van der Waals surface area contributed by atoms with Gasteiger partial charge in [-0.15, -0.1) is 0 Å². The van der Waals surface area contributed by atoms with E-state index in [2.05, 4.69) is 20.3 Å². The number of anilines is 2. The first kappa shape index (κ1) is 14.4. The van der Waals surface area contributed by atoms with Gasteiger partial charge in [-0.25, -0.2) is 0 Å². The maximum Gasteiger partial charge on any atom is 0.323 e. The molecule has 0 radical (unpaired) electrons. The Morgan fingerprint density at radius 2 is 2.17 bits per heavy atom. The summed E-state index contributed by atoms with van der Waals surface area (Å²) >= 11 is 0. The molecule has 0 bridgehead atoms. The lowest BCUT2D eigenvalue weighted by Gasteiger charge is -2.15. The number of methoxy groups -OCH3 is 1. The number of nitrogens with zero attached hydrogens (tertiary/aromatic N) is 3. The SMILES string of the molecule is CCCOc1nc(N)nc(NC(CO)COC)n1. The molecule has 0 saturated carbocycles. The molecule has 1 unspecified atom stereocenters. The van der Waals surface area contributed by atoms with Crippen molar-refractivity contribution in [3.05, 3.63) is 0 Å². The van der Waals surface area contributed by atoms with Gasteiger partial charge in [0.1, 0.15) is 0 Å². The van der Waals surface area contributed by atoms with Gasteiger partial charge in [0.15, 0.2) is 0 Å². The molecule has 0 spiro atoms.